The molecule has 420 valence electrons. The predicted molar refractivity (Wildman–Crippen MR) is 312 cm³/mol. The van der Waals surface area contributed by atoms with Gasteiger partial charge < -0.3 is 14.2 Å². The van der Waals surface area contributed by atoms with Crippen LogP contribution in [-0.4, -0.2) is 37.2 Å². The Hall–Kier alpha value is -2.63. The highest BCUT2D eigenvalue weighted by Gasteiger charge is 2.19. The smallest absolute Gasteiger partial charge is 0.306 e. The lowest BCUT2D eigenvalue weighted by Crippen LogP contribution is -2.30. The summed E-state index contributed by atoms with van der Waals surface area (Å²) in [4.78, 5) is 38.1. The monoisotopic (exact) mass is 1010 g/mol. The number of rotatable bonds is 58. The molecular formula is C66H120O6. The van der Waals surface area contributed by atoms with E-state index >= 15 is 0 Å². The number of carbonyl (C=O) groups excluding carboxylic acids is 3. The van der Waals surface area contributed by atoms with Crippen LogP contribution in [0.1, 0.15) is 335 Å². The molecule has 1 unspecified atom stereocenters. The summed E-state index contributed by atoms with van der Waals surface area (Å²) in [5, 5.41) is 0. The van der Waals surface area contributed by atoms with Gasteiger partial charge in [0.05, 0.1) is 0 Å². The van der Waals surface area contributed by atoms with Gasteiger partial charge in [-0.2, -0.15) is 0 Å². The van der Waals surface area contributed by atoms with Gasteiger partial charge >= 0.3 is 17.9 Å². The molecule has 0 aromatic heterocycles. The Morgan fingerprint density at radius 1 is 0.278 bits per heavy atom. The van der Waals surface area contributed by atoms with Crippen molar-refractivity contribution in [3.05, 3.63) is 48.6 Å². The minimum atomic E-state index is -0.776. The van der Waals surface area contributed by atoms with E-state index in [1.807, 2.05) is 0 Å². The first kappa shape index (κ1) is 69.4. The second kappa shape index (κ2) is 60.9. The second-order valence-corrected chi connectivity index (χ2v) is 21.3. The molecule has 0 aromatic carbocycles. The number of carbonyl (C=O) groups is 3. The Labute approximate surface area is 448 Å². The average molecular weight is 1010 g/mol. The molecule has 0 saturated carbocycles. The van der Waals surface area contributed by atoms with Gasteiger partial charge in [-0.05, 0) is 77.0 Å². The molecule has 72 heavy (non-hydrogen) atoms. The van der Waals surface area contributed by atoms with Crippen LogP contribution >= 0.6 is 0 Å². The summed E-state index contributed by atoms with van der Waals surface area (Å²) in [7, 11) is 0. The first-order valence-electron chi connectivity index (χ1n) is 31.6. The Kier molecular flexibility index (Phi) is 58.7. The summed E-state index contributed by atoms with van der Waals surface area (Å²) >= 11 is 0. The van der Waals surface area contributed by atoms with Crippen molar-refractivity contribution in [3.8, 4) is 0 Å². The molecule has 0 fully saturated rings. The van der Waals surface area contributed by atoms with Gasteiger partial charge in [0.1, 0.15) is 13.2 Å². The van der Waals surface area contributed by atoms with Crippen LogP contribution in [0.5, 0.6) is 0 Å². The molecule has 6 heteroatoms. The van der Waals surface area contributed by atoms with Crippen LogP contribution in [0.4, 0.5) is 0 Å². The molecule has 0 aliphatic heterocycles. The zero-order valence-corrected chi connectivity index (χ0v) is 48.2. The molecule has 0 amide bonds. The first-order chi connectivity index (χ1) is 35.5. The summed E-state index contributed by atoms with van der Waals surface area (Å²) in [6.07, 6.45) is 75.7. The Balaban J connectivity index is 4.05. The van der Waals surface area contributed by atoms with E-state index in [2.05, 4.69) is 69.4 Å². The minimum Gasteiger partial charge on any atom is -0.462 e. The van der Waals surface area contributed by atoms with Crippen molar-refractivity contribution in [1.82, 2.24) is 0 Å². The number of esters is 3. The third kappa shape index (κ3) is 58.3. The molecule has 0 radical (unpaired) electrons. The van der Waals surface area contributed by atoms with Crippen LogP contribution in [0.2, 0.25) is 0 Å². The quantitative estimate of drug-likeness (QED) is 0.0261. The summed E-state index contributed by atoms with van der Waals surface area (Å²) < 4.78 is 16.8. The van der Waals surface area contributed by atoms with E-state index in [-0.39, 0.29) is 31.1 Å². The van der Waals surface area contributed by atoms with Gasteiger partial charge in [0.2, 0.25) is 0 Å². The summed E-state index contributed by atoms with van der Waals surface area (Å²) in [5.74, 6) is -0.874. The van der Waals surface area contributed by atoms with Gasteiger partial charge in [-0.1, -0.05) is 288 Å². The minimum absolute atomic E-state index is 0.0746. The maximum Gasteiger partial charge on any atom is 0.306 e. The number of hydrogen-bond acceptors (Lipinski definition) is 6. The third-order valence-electron chi connectivity index (χ3n) is 14.0. The van der Waals surface area contributed by atoms with Crippen molar-refractivity contribution in [1.29, 1.82) is 0 Å². The highest BCUT2D eigenvalue weighted by molar-refractivity contribution is 5.71. The standard InChI is InChI=1S/C66H120O6/c1-4-7-10-13-16-19-22-24-25-26-27-28-29-30-31-32-33-34-35-36-37-38-39-40-41-43-44-47-50-53-56-59-65(68)71-62-63(61-70-64(67)58-55-52-49-46-21-18-15-12-9-6-3)72-66(69)60-57-54-51-48-45-42-23-20-17-14-11-8-5-2/h11,14,20,22-24,26-27,63H,4-10,12-13,15-19,21,25,28-62H2,1-3H3/b14-11-,23-20-,24-22-,27-26-. The van der Waals surface area contributed by atoms with Crippen molar-refractivity contribution >= 4 is 17.9 Å². The predicted octanol–water partition coefficient (Wildman–Crippen LogP) is 21.4. The van der Waals surface area contributed by atoms with Crippen LogP contribution < -0.4 is 0 Å². The lowest BCUT2D eigenvalue weighted by molar-refractivity contribution is -0.167. The molecule has 0 aromatic rings. The maximum absolute atomic E-state index is 12.8. The Bertz CT molecular complexity index is 1250. The van der Waals surface area contributed by atoms with Gasteiger partial charge in [-0.15, -0.1) is 0 Å². The van der Waals surface area contributed by atoms with Crippen LogP contribution in [0, 0.1) is 0 Å². The van der Waals surface area contributed by atoms with Gasteiger partial charge in [0.25, 0.3) is 0 Å². The van der Waals surface area contributed by atoms with Crippen LogP contribution in [-0.2, 0) is 28.6 Å². The van der Waals surface area contributed by atoms with Crippen LogP contribution in [0.15, 0.2) is 48.6 Å². The van der Waals surface area contributed by atoms with E-state index in [9.17, 15) is 14.4 Å². The second-order valence-electron chi connectivity index (χ2n) is 21.3. The zero-order chi connectivity index (χ0) is 52.2. The lowest BCUT2D eigenvalue weighted by atomic mass is 10.0. The highest BCUT2D eigenvalue weighted by atomic mass is 16.6. The number of unbranched alkanes of at least 4 members (excludes halogenated alkanes) is 39. The van der Waals surface area contributed by atoms with E-state index in [0.717, 1.165) is 96.3 Å². The zero-order valence-electron chi connectivity index (χ0n) is 48.2. The number of allylic oxidation sites excluding steroid dienone is 8. The highest BCUT2D eigenvalue weighted by Crippen LogP contribution is 2.17. The lowest BCUT2D eigenvalue weighted by Gasteiger charge is -2.18. The van der Waals surface area contributed by atoms with Crippen molar-refractivity contribution in [2.24, 2.45) is 0 Å². The molecule has 1 atom stereocenters. The molecule has 0 N–H and O–H groups in total. The van der Waals surface area contributed by atoms with E-state index in [4.69, 9.17) is 14.2 Å². The fourth-order valence-corrected chi connectivity index (χ4v) is 9.28. The molecule has 6 nitrogen and oxygen atoms in total. The van der Waals surface area contributed by atoms with E-state index in [1.165, 1.54) is 199 Å². The van der Waals surface area contributed by atoms with E-state index in [1.54, 1.807) is 0 Å². The first-order valence-corrected chi connectivity index (χ1v) is 31.6. The van der Waals surface area contributed by atoms with Crippen LogP contribution in [0.25, 0.3) is 0 Å². The molecule has 0 rings (SSSR count). The van der Waals surface area contributed by atoms with Crippen molar-refractivity contribution in [2.75, 3.05) is 13.2 Å². The third-order valence-corrected chi connectivity index (χ3v) is 14.0. The summed E-state index contributed by atoms with van der Waals surface area (Å²) in [5.41, 5.74) is 0. The molecule has 0 heterocycles. The molecule has 0 bridgehead atoms. The SMILES string of the molecule is CCC/C=C\C/C=C\CCCCCCCC(=O)OC(COC(=O)CCCCCCCCCCCC)COC(=O)CCCCCCCCCCCCCCCCCCCCC/C=C\C/C=C\CCCCCCC. The van der Waals surface area contributed by atoms with E-state index in [0.29, 0.717) is 19.3 Å². The molecule has 0 aliphatic carbocycles. The molecule has 0 saturated heterocycles. The topological polar surface area (TPSA) is 78.9 Å². The fraction of sp³-hybridized carbons (Fsp3) is 0.833. The summed E-state index contributed by atoms with van der Waals surface area (Å²) in [6.45, 7) is 6.58. The summed E-state index contributed by atoms with van der Waals surface area (Å²) in [6, 6.07) is 0. The fourth-order valence-electron chi connectivity index (χ4n) is 9.28. The van der Waals surface area contributed by atoms with Gasteiger partial charge in [-0.25, -0.2) is 0 Å². The number of hydrogen-bond donors (Lipinski definition) is 0. The van der Waals surface area contributed by atoms with Gasteiger partial charge in [0, 0.05) is 19.3 Å². The molecular weight excluding hydrogens is 889 g/mol. The maximum atomic E-state index is 12.8. The average Bonchev–Trinajstić information content (AvgIpc) is 3.38. The van der Waals surface area contributed by atoms with Gasteiger partial charge in [0.15, 0.2) is 6.10 Å². The van der Waals surface area contributed by atoms with E-state index < -0.39 is 6.10 Å². The van der Waals surface area contributed by atoms with Gasteiger partial charge in [-0.3, -0.25) is 14.4 Å². The largest absolute Gasteiger partial charge is 0.462 e. The molecule has 0 aliphatic rings. The Morgan fingerprint density at radius 2 is 0.528 bits per heavy atom. The van der Waals surface area contributed by atoms with Crippen molar-refractivity contribution < 1.29 is 28.6 Å². The normalized spacial score (nSPS) is 12.3. The molecule has 0 spiro atoms. The van der Waals surface area contributed by atoms with Crippen molar-refractivity contribution in [2.45, 2.75) is 341 Å². The Morgan fingerprint density at radius 3 is 0.819 bits per heavy atom. The number of ether oxygens (including phenoxy) is 3. The van der Waals surface area contributed by atoms with Crippen molar-refractivity contribution in [3.63, 3.8) is 0 Å². The van der Waals surface area contributed by atoms with Crippen LogP contribution in [0.3, 0.4) is 0 Å².